The minimum atomic E-state index is 0.255. The van der Waals surface area contributed by atoms with Crippen molar-refractivity contribution in [3.8, 4) is 0 Å². The molecule has 0 radical (unpaired) electrons. The SMILES string of the molecule is COC1CCC(Nc2nc(Cl)nc(N3CCCC3)n2)C1. The fourth-order valence-corrected chi connectivity index (χ4v) is 3.09. The lowest BCUT2D eigenvalue weighted by Crippen LogP contribution is -2.23. The zero-order valence-electron chi connectivity index (χ0n) is 11.7. The second-order valence-electron chi connectivity index (χ2n) is 5.43. The zero-order valence-corrected chi connectivity index (χ0v) is 12.4. The lowest BCUT2D eigenvalue weighted by molar-refractivity contribution is 0.108. The van der Waals surface area contributed by atoms with Gasteiger partial charge in [0.2, 0.25) is 17.2 Å². The fraction of sp³-hybridized carbons (Fsp3) is 0.769. The number of hydrogen-bond acceptors (Lipinski definition) is 6. The molecule has 1 saturated carbocycles. The summed E-state index contributed by atoms with van der Waals surface area (Å²) in [7, 11) is 1.76. The Morgan fingerprint density at radius 1 is 1.20 bits per heavy atom. The molecule has 6 nitrogen and oxygen atoms in total. The largest absolute Gasteiger partial charge is 0.381 e. The third-order valence-electron chi connectivity index (χ3n) is 4.04. The highest BCUT2D eigenvalue weighted by Crippen LogP contribution is 2.25. The van der Waals surface area contributed by atoms with Gasteiger partial charge in [0.1, 0.15) is 0 Å². The maximum absolute atomic E-state index is 6.02. The van der Waals surface area contributed by atoms with Crippen LogP contribution < -0.4 is 10.2 Å². The van der Waals surface area contributed by atoms with E-state index >= 15 is 0 Å². The predicted octanol–water partition coefficient (Wildman–Crippen LogP) is 2.10. The number of hydrogen-bond donors (Lipinski definition) is 1. The minimum Gasteiger partial charge on any atom is -0.381 e. The van der Waals surface area contributed by atoms with Crippen molar-refractivity contribution in [2.45, 2.75) is 44.2 Å². The van der Waals surface area contributed by atoms with Gasteiger partial charge in [-0.1, -0.05) is 0 Å². The Morgan fingerprint density at radius 2 is 2.00 bits per heavy atom. The molecule has 110 valence electrons. The lowest BCUT2D eigenvalue weighted by Gasteiger charge is -2.17. The van der Waals surface area contributed by atoms with E-state index in [2.05, 4.69) is 25.2 Å². The van der Waals surface area contributed by atoms with Crippen LogP contribution in [0.3, 0.4) is 0 Å². The van der Waals surface area contributed by atoms with Crippen molar-refractivity contribution in [3.05, 3.63) is 5.28 Å². The Labute approximate surface area is 123 Å². The average Bonchev–Trinajstić information content (AvgIpc) is 3.09. The van der Waals surface area contributed by atoms with Crippen LogP contribution in [0.1, 0.15) is 32.1 Å². The highest BCUT2D eigenvalue weighted by atomic mass is 35.5. The molecule has 3 rings (SSSR count). The van der Waals surface area contributed by atoms with Gasteiger partial charge in [-0.25, -0.2) is 0 Å². The first-order valence-electron chi connectivity index (χ1n) is 7.20. The van der Waals surface area contributed by atoms with E-state index in [1.807, 2.05) is 0 Å². The van der Waals surface area contributed by atoms with Crippen LogP contribution in [0.2, 0.25) is 5.28 Å². The summed E-state index contributed by atoms with van der Waals surface area (Å²) in [5.41, 5.74) is 0. The average molecular weight is 298 g/mol. The van der Waals surface area contributed by atoms with E-state index in [4.69, 9.17) is 16.3 Å². The van der Waals surface area contributed by atoms with Gasteiger partial charge in [0.05, 0.1) is 6.10 Å². The molecule has 1 aliphatic carbocycles. The van der Waals surface area contributed by atoms with Gasteiger partial charge in [-0.15, -0.1) is 0 Å². The third-order valence-corrected chi connectivity index (χ3v) is 4.21. The highest BCUT2D eigenvalue weighted by Gasteiger charge is 2.25. The van der Waals surface area contributed by atoms with E-state index < -0.39 is 0 Å². The van der Waals surface area contributed by atoms with Crippen LogP contribution in [0.25, 0.3) is 0 Å². The van der Waals surface area contributed by atoms with Crippen LogP contribution in [-0.2, 0) is 4.74 Å². The Bertz CT molecular complexity index is 466. The molecule has 1 aromatic heterocycles. The summed E-state index contributed by atoms with van der Waals surface area (Å²) in [6, 6.07) is 0.352. The first-order valence-corrected chi connectivity index (χ1v) is 7.58. The van der Waals surface area contributed by atoms with E-state index in [9.17, 15) is 0 Å². The maximum Gasteiger partial charge on any atom is 0.231 e. The highest BCUT2D eigenvalue weighted by molar-refractivity contribution is 6.28. The summed E-state index contributed by atoms with van der Waals surface area (Å²) in [6.45, 7) is 1.99. The molecule has 2 unspecified atom stereocenters. The number of halogens is 1. The Hall–Kier alpha value is -1.14. The standard InChI is InChI=1S/C13H20ClN5O/c1-20-10-5-4-9(8-10)15-12-16-11(14)17-13(18-12)19-6-2-3-7-19/h9-10H,2-8H2,1H3,(H,15,16,17,18). The fourth-order valence-electron chi connectivity index (χ4n) is 2.93. The van der Waals surface area contributed by atoms with Gasteiger partial charge in [0.25, 0.3) is 0 Å². The number of aromatic nitrogens is 3. The van der Waals surface area contributed by atoms with Crippen LogP contribution in [0, 0.1) is 0 Å². The van der Waals surface area contributed by atoms with Crippen molar-refractivity contribution in [2.75, 3.05) is 30.4 Å². The molecule has 7 heteroatoms. The van der Waals surface area contributed by atoms with Crippen molar-refractivity contribution in [1.29, 1.82) is 0 Å². The summed E-state index contributed by atoms with van der Waals surface area (Å²) in [5.74, 6) is 1.26. The van der Waals surface area contributed by atoms with Crippen molar-refractivity contribution < 1.29 is 4.74 Å². The molecule has 0 bridgehead atoms. The smallest absolute Gasteiger partial charge is 0.231 e. The van der Waals surface area contributed by atoms with Crippen molar-refractivity contribution >= 4 is 23.5 Å². The van der Waals surface area contributed by atoms with Crippen LogP contribution in [-0.4, -0.2) is 47.3 Å². The zero-order chi connectivity index (χ0) is 13.9. The number of nitrogens with zero attached hydrogens (tertiary/aromatic N) is 4. The predicted molar refractivity (Wildman–Crippen MR) is 78.3 cm³/mol. The third kappa shape index (κ3) is 3.12. The molecular formula is C13H20ClN5O. The molecule has 1 saturated heterocycles. The molecule has 0 aromatic carbocycles. The topological polar surface area (TPSA) is 63.2 Å². The molecule has 2 aliphatic rings. The van der Waals surface area contributed by atoms with Gasteiger partial charge in [-0.3, -0.25) is 0 Å². The van der Waals surface area contributed by atoms with Crippen LogP contribution >= 0.6 is 11.6 Å². The molecule has 1 aromatic rings. The van der Waals surface area contributed by atoms with Gasteiger partial charge in [-0.05, 0) is 43.7 Å². The molecule has 0 spiro atoms. The van der Waals surface area contributed by atoms with E-state index in [0.717, 1.165) is 32.4 Å². The number of anilines is 2. The van der Waals surface area contributed by atoms with Crippen LogP contribution in [0.4, 0.5) is 11.9 Å². The summed E-state index contributed by atoms with van der Waals surface area (Å²) in [6.07, 6.45) is 5.84. The van der Waals surface area contributed by atoms with E-state index in [1.165, 1.54) is 12.8 Å². The summed E-state index contributed by atoms with van der Waals surface area (Å²) in [5, 5.41) is 3.61. The molecule has 20 heavy (non-hydrogen) atoms. The van der Waals surface area contributed by atoms with Crippen molar-refractivity contribution in [3.63, 3.8) is 0 Å². The number of methoxy groups -OCH3 is 1. The number of ether oxygens (including phenoxy) is 1. The van der Waals surface area contributed by atoms with E-state index in [1.54, 1.807) is 7.11 Å². The molecular weight excluding hydrogens is 278 g/mol. The van der Waals surface area contributed by atoms with E-state index in [-0.39, 0.29) is 5.28 Å². The number of rotatable bonds is 4. The normalized spacial score (nSPS) is 26.2. The number of nitrogens with one attached hydrogen (secondary N) is 1. The second kappa shape index (κ2) is 6.10. The van der Waals surface area contributed by atoms with Gasteiger partial charge < -0.3 is 15.0 Å². The van der Waals surface area contributed by atoms with Crippen LogP contribution in [0.5, 0.6) is 0 Å². The van der Waals surface area contributed by atoms with Gasteiger partial charge >= 0.3 is 0 Å². The van der Waals surface area contributed by atoms with E-state index in [0.29, 0.717) is 24.0 Å². The lowest BCUT2D eigenvalue weighted by atomic mass is 10.2. The Kier molecular flexibility index (Phi) is 4.21. The first kappa shape index (κ1) is 13.8. The van der Waals surface area contributed by atoms with Crippen molar-refractivity contribution in [1.82, 2.24) is 15.0 Å². The Morgan fingerprint density at radius 3 is 2.70 bits per heavy atom. The minimum absolute atomic E-state index is 0.255. The summed E-state index contributed by atoms with van der Waals surface area (Å²) >= 11 is 6.02. The summed E-state index contributed by atoms with van der Waals surface area (Å²) in [4.78, 5) is 15.1. The second-order valence-corrected chi connectivity index (χ2v) is 5.77. The molecule has 2 fully saturated rings. The molecule has 1 aliphatic heterocycles. The quantitative estimate of drug-likeness (QED) is 0.918. The van der Waals surface area contributed by atoms with Gasteiger partial charge in [-0.2, -0.15) is 15.0 Å². The first-order chi connectivity index (χ1) is 9.74. The molecule has 1 N–H and O–H groups in total. The van der Waals surface area contributed by atoms with Crippen LogP contribution in [0.15, 0.2) is 0 Å². The van der Waals surface area contributed by atoms with Gasteiger partial charge in [0, 0.05) is 26.2 Å². The Balaban J connectivity index is 1.69. The summed E-state index contributed by atoms with van der Waals surface area (Å²) < 4.78 is 5.38. The molecule has 2 heterocycles. The molecule has 0 amide bonds. The molecule has 2 atom stereocenters. The van der Waals surface area contributed by atoms with Crippen molar-refractivity contribution in [2.24, 2.45) is 0 Å². The monoisotopic (exact) mass is 297 g/mol. The van der Waals surface area contributed by atoms with Gasteiger partial charge in [0.15, 0.2) is 0 Å². The maximum atomic E-state index is 6.02.